The van der Waals surface area contributed by atoms with Gasteiger partial charge in [-0.05, 0) is 43.7 Å². The summed E-state index contributed by atoms with van der Waals surface area (Å²) in [6, 6.07) is 9.33. The van der Waals surface area contributed by atoms with Crippen LogP contribution in [0.3, 0.4) is 0 Å². The standard InChI is InChI=1S/C24H27BF2N2O4S/c1-4-5-13-29-18-9-6-7-11-21(18)34-22(29)12-8-10-19(30)23-20(33-25(26)27)16-17(2)28(24(23)31)14-15-32-3/h6-12,16H,4-5,13-15H2,1-3H3/b10-8+,22-12-. The van der Waals surface area contributed by atoms with Crippen molar-refractivity contribution < 1.29 is 22.8 Å². The van der Waals surface area contributed by atoms with Crippen LogP contribution in [0.4, 0.5) is 14.3 Å². The summed E-state index contributed by atoms with van der Waals surface area (Å²) >= 11 is 1.59. The van der Waals surface area contributed by atoms with Crippen molar-refractivity contribution in [2.24, 2.45) is 0 Å². The number of nitrogens with zero attached hydrogens (tertiary/aromatic N) is 2. The molecule has 0 aliphatic carbocycles. The van der Waals surface area contributed by atoms with Crippen LogP contribution in [0.2, 0.25) is 0 Å². The van der Waals surface area contributed by atoms with E-state index < -0.39 is 30.1 Å². The van der Waals surface area contributed by atoms with E-state index in [1.54, 1.807) is 30.8 Å². The molecule has 2 heterocycles. The number of anilines is 1. The fourth-order valence-corrected chi connectivity index (χ4v) is 4.74. The summed E-state index contributed by atoms with van der Waals surface area (Å²) in [7, 11) is -1.67. The Hall–Kier alpha value is -2.85. The van der Waals surface area contributed by atoms with Gasteiger partial charge in [-0.15, -0.1) is 0 Å². The quantitative estimate of drug-likeness (QED) is 0.249. The van der Waals surface area contributed by atoms with Crippen molar-refractivity contribution in [1.82, 2.24) is 4.57 Å². The lowest BCUT2D eigenvalue weighted by Crippen LogP contribution is -2.30. The molecule has 1 aromatic carbocycles. The number of hydrogen-bond acceptors (Lipinski definition) is 6. The summed E-state index contributed by atoms with van der Waals surface area (Å²) in [4.78, 5) is 29.2. The van der Waals surface area contributed by atoms with Crippen molar-refractivity contribution in [3.8, 4) is 5.75 Å². The lowest BCUT2D eigenvalue weighted by molar-refractivity contribution is 0.104. The van der Waals surface area contributed by atoms with Crippen molar-refractivity contribution >= 4 is 30.7 Å². The van der Waals surface area contributed by atoms with Crippen molar-refractivity contribution in [2.45, 2.75) is 38.1 Å². The van der Waals surface area contributed by atoms with Crippen molar-refractivity contribution in [3.05, 3.63) is 75.2 Å². The number of aryl methyl sites for hydroxylation is 1. The van der Waals surface area contributed by atoms with Gasteiger partial charge in [-0.2, -0.15) is 0 Å². The average molecular weight is 488 g/mol. The van der Waals surface area contributed by atoms with E-state index in [0.29, 0.717) is 5.69 Å². The van der Waals surface area contributed by atoms with E-state index in [-0.39, 0.29) is 13.2 Å². The van der Waals surface area contributed by atoms with Crippen LogP contribution in [0.1, 0.15) is 35.8 Å². The molecular weight excluding hydrogens is 461 g/mol. The summed E-state index contributed by atoms with van der Waals surface area (Å²) < 4.78 is 36.8. The van der Waals surface area contributed by atoms with Gasteiger partial charge in [-0.25, -0.2) is 8.63 Å². The molecule has 3 rings (SSSR count). The second-order valence-corrected chi connectivity index (χ2v) is 8.72. The summed E-state index contributed by atoms with van der Waals surface area (Å²) in [5, 5.41) is 0.948. The Kier molecular flexibility index (Phi) is 9.12. The van der Waals surface area contributed by atoms with Crippen LogP contribution in [-0.4, -0.2) is 38.1 Å². The molecule has 180 valence electrons. The molecule has 0 atom stereocenters. The van der Waals surface area contributed by atoms with Gasteiger partial charge in [0, 0.05) is 30.8 Å². The van der Waals surface area contributed by atoms with E-state index in [4.69, 9.17) is 4.74 Å². The Bertz CT molecular complexity index is 1150. The van der Waals surface area contributed by atoms with E-state index in [9.17, 15) is 18.2 Å². The fourth-order valence-electron chi connectivity index (χ4n) is 3.64. The third kappa shape index (κ3) is 5.98. The Morgan fingerprint density at radius 1 is 1.24 bits per heavy atom. The van der Waals surface area contributed by atoms with Crippen LogP contribution < -0.4 is 15.1 Å². The first-order valence-electron chi connectivity index (χ1n) is 11.0. The molecule has 2 aromatic rings. The van der Waals surface area contributed by atoms with Crippen LogP contribution in [-0.2, 0) is 11.3 Å². The molecule has 0 fully saturated rings. The molecule has 0 saturated carbocycles. The van der Waals surface area contributed by atoms with Gasteiger partial charge in [0.15, 0.2) is 5.78 Å². The van der Waals surface area contributed by atoms with Crippen LogP contribution in [0.5, 0.6) is 5.75 Å². The molecule has 0 radical (unpaired) electrons. The molecule has 0 N–H and O–H groups in total. The number of rotatable bonds is 11. The topological polar surface area (TPSA) is 60.8 Å². The molecule has 0 unspecified atom stereocenters. The van der Waals surface area contributed by atoms with Gasteiger partial charge < -0.3 is 18.9 Å². The van der Waals surface area contributed by atoms with E-state index in [1.165, 1.54) is 23.8 Å². The number of ketones is 1. The largest absolute Gasteiger partial charge is 0.796 e. The molecule has 0 bridgehead atoms. The first kappa shape index (κ1) is 25.8. The number of para-hydroxylation sites is 1. The second-order valence-electron chi connectivity index (χ2n) is 7.66. The Balaban J connectivity index is 1.91. The maximum atomic E-state index is 13.0. The molecule has 0 spiro atoms. The first-order valence-corrected chi connectivity index (χ1v) is 11.8. The second kappa shape index (κ2) is 12.0. The van der Waals surface area contributed by atoms with Gasteiger partial charge >= 0.3 is 7.47 Å². The molecule has 0 saturated heterocycles. The van der Waals surface area contributed by atoms with Gasteiger partial charge in [-0.1, -0.05) is 43.3 Å². The number of fused-ring (bicyclic) bond motifs is 1. The maximum absolute atomic E-state index is 13.0. The number of allylic oxidation sites excluding steroid dienone is 3. The van der Waals surface area contributed by atoms with Gasteiger partial charge in [0.2, 0.25) is 0 Å². The van der Waals surface area contributed by atoms with E-state index >= 15 is 0 Å². The average Bonchev–Trinajstić information content (AvgIpc) is 3.14. The number of unbranched alkanes of at least 4 members (excludes halogenated alkanes) is 1. The number of carbonyl (C=O) groups is 1. The summed E-state index contributed by atoms with van der Waals surface area (Å²) in [5.74, 6) is -1.13. The van der Waals surface area contributed by atoms with E-state index in [2.05, 4.69) is 22.5 Å². The zero-order valence-corrected chi connectivity index (χ0v) is 20.2. The molecule has 0 amide bonds. The minimum atomic E-state index is -3.16. The Labute approximate surface area is 202 Å². The molecule has 1 aliphatic rings. The van der Waals surface area contributed by atoms with Crippen LogP contribution in [0.25, 0.3) is 0 Å². The zero-order valence-electron chi connectivity index (χ0n) is 19.4. The summed E-state index contributed by atoms with van der Waals surface area (Å²) in [5.41, 5.74) is 0.384. The number of ether oxygens (including phenoxy) is 1. The van der Waals surface area contributed by atoms with Crippen molar-refractivity contribution in [1.29, 1.82) is 0 Å². The van der Waals surface area contributed by atoms with Crippen molar-refractivity contribution in [2.75, 3.05) is 25.2 Å². The van der Waals surface area contributed by atoms with Crippen LogP contribution in [0.15, 0.2) is 63.3 Å². The van der Waals surface area contributed by atoms with Gasteiger partial charge in [0.25, 0.3) is 5.56 Å². The van der Waals surface area contributed by atoms with Gasteiger partial charge in [0.05, 0.1) is 17.3 Å². The fraction of sp³-hybridized carbons (Fsp3) is 0.333. The molecular formula is C24H27BF2N2O4S. The highest BCUT2D eigenvalue weighted by Crippen LogP contribution is 2.45. The molecule has 1 aliphatic heterocycles. The Morgan fingerprint density at radius 2 is 2.00 bits per heavy atom. The normalized spacial score (nSPS) is 14.1. The molecule has 10 heteroatoms. The molecule has 1 aromatic heterocycles. The number of aromatic nitrogens is 1. The first-order chi connectivity index (χ1) is 16.4. The highest BCUT2D eigenvalue weighted by molar-refractivity contribution is 8.03. The number of carbonyl (C=O) groups excluding carboxylic acids is 1. The van der Waals surface area contributed by atoms with Crippen LogP contribution in [0, 0.1) is 6.92 Å². The maximum Gasteiger partial charge on any atom is 0.796 e. The Morgan fingerprint density at radius 3 is 2.71 bits per heavy atom. The minimum Gasteiger partial charge on any atom is -0.504 e. The van der Waals surface area contributed by atoms with Crippen LogP contribution >= 0.6 is 11.8 Å². The predicted molar refractivity (Wildman–Crippen MR) is 132 cm³/mol. The zero-order chi connectivity index (χ0) is 24.7. The molecule has 6 nitrogen and oxygen atoms in total. The molecule has 34 heavy (non-hydrogen) atoms. The summed E-state index contributed by atoms with van der Waals surface area (Å²) in [6.07, 6.45) is 6.60. The number of pyridine rings is 1. The number of benzene rings is 1. The third-order valence-electron chi connectivity index (χ3n) is 5.31. The summed E-state index contributed by atoms with van der Waals surface area (Å²) in [6.45, 7) is 4.96. The third-order valence-corrected chi connectivity index (χ3v) is 6.44. The van der Waals surface area contributed by atoms with E-state index in [1.807, 2.05) is 18.2 Å². The minimum absolute atomic E-state index is 0.186. The number of methoxy groups -OCH3 is 1. The highest BCUT2D eigenvalue weighted by atomic mass is 32.2. The van der Waals surface area contributed by atoms with Crippen molar-refractivity contribution in [3.63, 3.8) is 0 Å². The number of halogens is 2. The lowest BCUT2D eigenvalue weighted by Gasteiger charge is -2.19. The monoisotopic (exact) mass is 488 g/mol. The van der Waals surface area contributed by atoms with Gasteiger partial charge in [-0.3, -0.25) is 9.59 Å². The predicted octanol–water partition coefficient (Wildman–Crippen LogP) is 5.10. The number of hydrogen-bond donors (Lipinski definition) is 0. The van der Waals surface area contributed by atoms with E-state index in [0.717, 1.165) is 35.0 Å². The SMILES string of the molecule is CCCCN1/C(=C/C=C/C(=O)c2c(OB(F)F)cc(C)n(CCOC)c2=O)Sc2ccccc21. The lowest BCUT2D eigenvalue weighted by atomic mass is 10.1. The number of thioether (sulfide) groups is 1. The smallest absolute Gasteiger partial charge is 0.504 e. The highest BCUT2D eigenvalue weighted by Gasteiger charge is 2.26. The van der Waals surface area contributed by atoms with Gasteiger partial charge in [0.1, 0.15) is 11.3 Å².